The molecule has 0 atom stereocenters. The second kappa shape index (κ2) is 0.725. The second-order valence-electron chi connectivity index (χ2n) is 1.22. The maximum absolute atomic E-state index is 7.97. The van der Waals surface area contributed by atoms with Crippen molar-refractivity contribution < 1.29 is 9.78 Å². The van der Waals surface area contributed by atoms with Gasteiger partial charge >= 0.3 is 5.79 Å². The minimum atomic E-state index is -0.903. The molecule has 0 N–H and O–H groups in total. The fourth-order valence-electron chi connectivity index (χ4n) is 0.0998. The van der Waals surface area contributed by atoms with Crippen LogP contribution in [0.1, 0.15) is 6.92 Å². The third-order valence-electron chi connectivity index (χ3n) is 0.536. The van der Waals surface area contributed by atoms with Gasteiger partial charge in [0.25, 0.3) is 0 Å². The molecule has 0 aromatic heterocycles. The predicted molar refractivity (Wildman–Crippen MR) is 16.2 cm³/mol. The molecule has 1 heterocycles. The van der Waals surface area contributed by atoms with Crippen LogP contribution in [0.4, 0.5) is 0 Å². The van der Waals surface area contributed by atoms with E-state index in [1.165, 1.54) is 0 Å². The van der Waals surface area contributed by atoms with Gasteiger partial charge in [0.2, 0.25) is 0 Å². The van der Waals surface area contributed by atoms with Crippen molar-refractivity contribution in [2.45, 2.75) is 12.7 Å². The van der Waals surface area contributed by atoms with Crippen molar-refractivity contribution in [3.8, 4) is 6.07 Å². The highest BCUT2D eigenvalue weighted by Gasteiger charge is 2.43. The summed E-state index contributed by atoms with van der Waals surface area (Å²) in [4.78, 5) is 8.37. The Morgan fingerprint density at radius 3 is 2.17 bits per heavy atom. The SMILES string of the molecule is CC1(C#N)OO1. The largest absolute Gasteiger partial charge is 0.315 e. The van der Waals surface area contributed by atoms with Crippen molar-refractivity contribution in [3.63, 3.8) is 0 Å². The van der Waals surface area contributed by atoms with Crippen LogP contribution in [0.5, 0.6) is 0 Å². The van der Waals surface area contributed by atoms with Crippen LogP contribution in [-0.4, -0.2) is 5.79 Å². The van der Waals surface area contributed by atoms with E-state index in [2.05, 4.69) is 9.78 Å². The molecule has 6 heavy (non-hydrogen) atoms. The van der Waals surface area contributed by atoms with Crippen molar-refractivity contribution in [3.05, 3.63) is 0 Å². The lowest BCUT2D eigenvalue weighted by Gasteiger charge is -1.69. The molecule has 0 saturated carbocycles. The summed E-state index contributed by atoms with van der Waals surface area (Å²) >= 11 is 0. The lowest BCUT2D eigenvalue weighted by molar-refractivity contribution is 0.0850. The van der Waals surface area contributed by atoms with E-state index >= 15 is 0 Å². The number of rotatable bonds is 0. The zero-order valence-electron chi connectivity index (χ0n) is 3.26. The van der Waals surface area contributed by atoms with Crippen LogP contribution >= 0.6 is 0 Å². The van der Waals surface area contributed by atoms with Gasteiger partial charge in [0.1, 0.15) is 6.07 Å². The highest BCUT2D eigenvalue weighted by Crippen LogP contribution is 2.26. The highest BCUT2D eigenvalue weighted by molar-refractivity contribution is 4.92. The molecule has 3 heteroatoms. The molecule has 0 spiro atoms. The lowest BCUT2D eigenvalue weighted by Crippen LogP contribution is -1.94. The van der Waals surface area contributed by atoms with Crippen molar-refractivity contribution in [1.29, 1.82) is 5.26 Å². The van der Waals surface area contributed by atoms with Crippen LogP contribution in [0.15, 0.2) is 0 Å². The van der Waals surface area contributed by atoms with Crippen molar-refractivity contribution >= 4 is 0 Å². The van der Waals surface area contributed by atoms with Gasteiger partial charge in [-0.1, -0.05) is 0 Å². The topological polar surface area (TPSA) is 48.9 Å². The first-order valence-corrected chi connectivity index (χ1v) is 1.55. The normalized spacial score (nSPS) is 25.3. The van der Waals surface area contributed by atoms with Crippen LogP contribution in [0.2, 0.25) is 0 Å². The quantitative estimate of drug-likeness (QED) is 0.311. The van der Waals surface area contributed by atoms with Crippen molar-refractivity contribution in [2.24, 2.45) is 0 Å². The molecule has 1 fully saturated rings. The van der Waals surface area contributed by atoms with E-state index < -0.39 is 5.79 Å². The second-order valence-corrected chi connectivity index (χ2v) is 1.22. The number of hydrogen-bond donors (Lipinski definition) is 0. The molecule has 0 amide bonds. The Labute approximate surface area is 35.0 Å². The summed E-state index contributed by atoms with van der Waals surface area (Å²) in [6, 6.07) is 1.77. The lowest BCUT2D eigenvalue weighted by atomic mass is 10.4. The smallest absolute Gasteiger partial charge is 0.192 e. The first kappa shape index (κ1) is 3.59. The molecule has 0 aliphatic carbocycles. The number of nitrogens with zero attached hydrogens (tertiary/aromatic N) is 1. The molecule has 3 nitrogen and oxygen atoms in total. The Morgan fingerprint density at radius 2 is 2.17 bits per heavy atom. The molecule has 1 saturated heterocycles. The van der Waals surface area contributed by atoms with Crippen LogP contribution in [0.3, 0.4) is 0 Å². The van der Waals surface area contributed by atoms with E-state index in [0.717, 1.165) is 0 Å². The first-order valence-electron chi connectivity index (χ1n) is 1.55. The van der Waals surface area contributed by atoms with Gasteiger partial charge < -0.3 is 0 Å². The molecule has 0 unspecified atom stereocenters. The Hall–Kier alpha value is -0.590. The number of hydrogen-bond acceptors (Lipinski definition) is 3. The molecule has 0 aromatic rings. The van der Waals surface area contributed by atoms with Gasteiger partial charge in [0, 0.05) is 6.92 Å². The van der Waals surface area contributed by atoms with Crippen molar-refractivity contribution in [2.75, 3.05) is 0 Å². The third-order valence-corrected chi connectivity index (χ3v) is 0.536. The predicted octanol–water partition coefficient (Wildman–Crippen LogP) is 0.188. The first-order chi connectivity index (χ1) is 2.77. The van der Waals surface area contributed by atoms with Crippen molar-refractivity contribution in [1.82, 2.24) is 0 Å². The van der Waals surface area contributed by atoms with Gasteiger partial charge in [-0.2, -0.15) is 15.0 Å². The molecule has 1 rings (SSSR count). The maximum Gasteiger partial charge on any atom is 0.315 e. The average molecular weight is 85.1 g/mol. The summed E-state index contributed by atoms with van der Waals surface area (Å²) in [7, 11) is 0. The fraction of sp³-hybridized carbons (Fsp3) is 0.667. The Kier molecular flexibility index (Phi) is 0.434. The van der Waals surface area contributed by atoms with Gasteiger partial charge in [0.05, 0.1) is 0 Å². The summed E-state index contributed by atoms with van der Waals surface area (Å²) < 4.78 is 0. The van der Waals surface area contributed by atoms with Crippen LogP contribution in [-0.2, 0) is 9.78 Å². The summed E-state index contributed by atoms with van der Waals surface area (Å²) in [5, 5.41) is 7.97. The molecule has 0 bridgehead atoms. The van der Waals surface area contributed by atoms with Gasteiger partial charge in [0.15, 0.2) is 0 Å². The van der Waals surface area contributed by atoms with Gasteiger partial charge in [-0.25, -0.2) is 0 Å². The Bertz CT molecular complexity index is 99.9. The van der Waals surface area contributed by atoms with Gasteiger partial charge in [-0.15, -0.1) is 0 Å². The zero-order chi connectivity index (χ0) is 4.62. The maximum atomic E-state index is 7.97. The van der Waals surface area contributed by atoms with E-state index in [1.54, 1.807) is 13.0 Å². The monoisotopic (exact) mass is 85.0 g/mol. The Morgan fingerprint density at radius 1 is 1.67 bits per heavy atom. The minimum Gasteiger partial charge on any atom is -0.192 e. The average Bonchev–Trinajstić information content (AvgIpc) is 2.22. The van der Waals surface area contributed by atoms with Gasteiger partial charge in [-0.3, -0.25) is 0 Å². The molecule has 0 radical (unpaired) electrons. The minimum absolute atomic E-state index is 0.903. The highest BCUT2D eigenvalue weighted by atomic mass is 17.4. The molecule has 0 aromatic carbocycles. The van der Waals surface area contributed by atoms with Crippen LogP contribution in [0.25, 0.3) is 0 Å². The van der Waals surface area contributed by atoms with E-state index in [0.29, 0.717) is 0 Å². The molecule has 1 aliphatic heterocycles. The van der Waals surface area contributed by atoms with E-state index in [4.69, 9.17) is 5.26 Å². The van der Waals surface area contributed by atoms with E-state index in [9.17, 15) is 0 Å². The third kappa shape index (κ3) is 0.361. The number of nitriles is 1. The zero-order valence-corrected chi connectivity index (χ0v) is 3.26. The summed E-state index contributed by atoms with van der Waals surface area (Å²) in [6.45, 7) is 1.55. The summed E-state index contributed by atoms with van der Waals surface area (Å²) in [5.74, 6) is -0.903. The standard InChI is InChI=1S/C3H3NO2/c1-3(2-4)5-6-3/h1H3. The Balaban J connectivity index is 2.54. The van der Waals surface area contributed by atoms with Crippen LogP contribution in [0, 0.1) is 11.3 Å². The summed E-state index contributed by atoms with van der Waals surface area (Å²) in [6.07, 6.45) is 0. The molecular formula is C3H3NO2. The van der Waals surface area contributed by atoms with Gasteiger partial charge in [-0.05, 0) is 0 Å². The van der Waals surface area contributed by atoms with Crippen LogP contribution < -0.4 is 0 Å². The van der Waals surface area contributed by atoms with E-state index in [1.807, 2.05) is 0 Å². The molecule has 32 valence electrons. The summed E-state index contributed by atoms with van der Waals surface area (Å²) in [5.41, 5.74) is 0. The molecular weight excluding hydrogens is 82.0 g/mol. The molecule has 1 aliphatic rings. The van der Waals surface area contributed by atoms with E-state index in [-0.39, 0.29) is 0 Å². The fourth-order valence-corrected chi connectivity index (χ4v) is 0.0998.